The molecule has 0 unspecified atom stereocenters. The number of anilines is 1. The standard InChI is InChI=1S/C14H14N4O2/c15-8-10-6-13(17-12-4-2-1-3-5-12)14(18(19)20)7-11(10)9-16/h6-7,12,17H,1-5H2. The van der Waals surface area contributed by atoms with E-state index in [9.17, 15) is 10.1 Å². The molecule has 0 aromatic heterocycles. The molecule has 20 heavy (non-hydrogen) atoms. The van der Waals surface area contributed by atoms with E-state index in [-0.39, 0.29) is 22.9 Å². The third-order valence-corrected chi connectivity index (χ3v) is 3.54. The largest absolute Gasteiger partial charge is 0.377 e. The maximum absolute atomic E-state index is 11.1. The number of nitro benzene ring substituents is 1. The Morgan fingerprint density at radius 2 is 1.75 bits per heavy atom. The molecule has 0 bridgehead atoms. The molecule has 0 saturated heterocycles. The smallest absolute Gasteiger partial charge is 0.293 e. The van der Waals surface area contributed by atoms with E-state index < -0.39 is 4.92 Å². The van der Waals surface area contributed by atoms with Gasteiger partial charge in [-0.1, -0.05) is 19.3 Å². The zero-order valence-corrected chi connectivity index (χ0v) is 10.9. The summed E-state index contributed by atoms with van der Waals surface area (Å²) in [5.74, 6) is 0. The minimum absolute atomic E-state index is 0.0356. The predicted octanol–water partition coefficient (Wildman–Crippen LogP) is 3.08. The molecule has 1 aromatic carbocycles. The lowest BCUT2D eigenvalue weighted by molar-refractivity contribution is -0.384. The third-order valence-electron chi connectivity index (χ3n) is 3.54. The van der Waals surface area contributed by atoms with Crippen LogP contribution in [0.1, 0.15) is 43.2 Å². The molecule has 2 rings (SSSR count). The average Bonchev–Trinajstić information content (AvgIpc) is 2.47. The van der Waals surface area contributed by atoms with Crippen LogP contribution in [0.4, 0.5) is 11.4 Å². The highest BCUT2D eigenvalue weighted by Gasteiger charge is 2.21. The first-order valence-electron chi connectivity index (χ1n) is 6.55. The van der Waals surface area contributed by atoms with E-state index in [1.54, 1.807) is 0 Å². The first kappa shape index (κ1) is 13.8. The summed E-state index contributed by atoms with van der Waals surface area (Å²) in [7, 11) is 0. The molecule has 1 aliphatic carbocycles. The summed E-state index contributed by atoms with van der Waals surface area (Å²) in [6.45, 7) is 0. The molecule has 0 atom stereocenters. The number of benzene rings is 1. The Labute approximate surface area is 116 Å². The Morgan fingerprint density at radius 3 is 2.30 bits per heavy atom. The van der Waals surface area contributed by atoms with Crippen LogP contribution >= 0.6 is 0 Å². The number of nitro groups is 1. The van der Waals surface area contributed by atoms with E-state index >= 15 is 0 Å². The monoisotopic (exact) mass is 270 g/mol. The van der Waals surface area contributed by atoms with Gasteiger partial charge < -0.3 is 5.32 Å². The minimum Gasteiger partial charge on any atom is -0.377 e. The zero-order valence-electron chi connectivity index (χ0n) is 10.9. The first-order chi connectivity index (χ1) is 9.65. The molecule has 0 aliphatic heterocycles. The van der Waals surface area contributed by atoms with Gasteiger partial charge in [-0.3, -0.25) is 10.1 Å². The van der Waals surface area contributed by atoms with E-state index in [0.29, 0.717) is 5.69 Å². The summed E-state index contributed by atoms with van der Waals surface area (Å²) >= 11 is 0. The van der Waals surface area contributed by atoms with Crippen molar-refractivity contribution in [2.45, 2.75) is 38.1 Å². The molecule has 0 radical (unpaired) electrons. The Balaban J connectivity index is 2.37. The van der Waals surface area contributed by atoms with Crippen LogP contribution < -0.4 is 5.32 Å². The van der Waals surface area contributed by atoms with Crippen molar-refractivity contribution in [3.8, 4) is 12.1 Å². The van der Waals surface area contributed by atoms with Gasteiger partial charge in [0.25, 0.3) is 5.69 Å². The number of nitriles is 2. The molecule has 6 nitrogen and oxygen atoms in total. The molecular weight excluding hydrogens is 256 g/mol. The average molecular weight is 270 g/mol. The van der Waals surface area contributed by atoms with E-state index in [1.165, 1.54) is 18.6 Å². The highest BCUT2D eigenvalue weighted by molar-refractivity contribution is 5.69. The second kappa shape index (κ2) is 6.03. The summed E-state index contributed by atoms with van der Waals surface area (Å²) in [6.07, 6.45) is 5.34. The van der Waals surface area contributed by atoms with Gasteiger partial charge in [0, 0.05) is 12.1 Å². The second-order valence-electron chi connectivity index (χ2n) is 4.87. The number of hydrogen-bond acceptors (Lipinski definition) is 5. The first-order valence-corrected chi connectivity index (χ1v) is 6.55. The molecule has 1 N–H and O–H groups in total. The van der Waals surface area contributed by atoms with Gasteiger partial charge in [0.1, 0.15) is 17.8 Å². The summed E-state index contributed by atoms with van der Waals surface area (Å²) < 4.78 is 0. The van der Waals surface area contributed by atoms with Gasteiger partial charge in [-0.05, 0) is 18.9 Å². The quantitative estimate of drug-likeness (QED) is 0.671. The molecule has 0 spiro atoms. The van der Waals surface area contributed by atoms with Gasteiger partial charge in [0.05, 0.1) is 16.1 Å². The fourth-order valence-electron chi connectivity index (χ4n) is 2.51. The van der Waals surface area contributed by atoms with Gasteiger partial charge in [0.2, 0.25) is 0 Å². The predicted molar refractivity (Wildman–Crippen MR) is 73.0 cm³/mol. The number of nitrogens with one attached hydrogen (secondary N) is 1. The van der Waals surface area contributed by atoms with E-state index in [0.717, 1.165) is 25.7 Å². The summed E-state index contributed by atoms with van der Waals surface area (Å²) in [4.78, 5) is 10.6. The minimum atomic E-state index is -0.521. The molecule has 102 valence electrons. The van der Waals surface area contributed by atoms with Crippen LogP contribution in [0.3, 0.4) is 0 Å². The van der Waals surface area contributed by atoms with Gasteiger partial charge in [-0.15, -0.1) is 0 Å². The van der Waals surface area contributed by atoms with Crippen LogP contribution in [-0.4, -0.2) is 11.0 Å². The fraction of sp³-hybridized carbons (Fsp3) is 0.429. The fourth-order valence-corrected chi connectivity index (χ4v) is 2.51. The van der Waals surface area contributed by atoms with E-state index in [4.69, 9.17) is 10.5 Å². The van der Waals surface area contributed by atoms with Crippen molar-refractivity contribution >= 4 is 11.4 Å². The van der Waals surface area contributed by atoms with Crippen LogP contribution in [0.5, 0.6) is 0 Å². The molecule has 1 saturated carbocycles. The maximum atomic E-state index is 11.1. The van der Waals surface area contributed by atoms with Crippen molar-refractivity contribution in [3.63, 3.8) is 0 Å². The number of rotatable bonds is 3. The van der Waals surface area contributed by atoms with E-state index in [2.05, 4.69) is 5.32 Å². The summed E-state index contributed by atoms with van der Waals surface area (Å²) in [6, 6.07) is 6.50. The Bertz CT molecular complexity index is 607. The van der Waals surface area contributed by atoms with Crippen LogP contribution in [0.2, 0.25) is 0 Å². The molecular formula is C14H14N4O2. The van der Waals surface area contributed by atoms with Crippen LogP contribution in [0.15, 0.2) is 12.1 Å². The number of nitrogens with zero attached hydrogens (tertiary/aromatic N) is 3. The van der Waals surface area contributed by atoms with Gasteiger partial charge in [0.15, 0.2) is 0 Å². The molecule has 1 aromatic rings. The van der Waals surface area contributed by atoms with Crippen molar-refractivity contribution in [3.05, 3.63) is 33.4 Å². The van der Waals surface area contributed by atoms with Crippen molar-refractivity contribution in [1.82, 2.24) is 0 Å². The van der Waals surface area contributed by atoms with Crippen molar-refractivity contribution in [2.75, 3.05) is 5.32 Å². The molecule has 1 fully saturated rings. The molecule has 0 heterocycles. The van der Waals surface area contributed by atoms with Gasteiger partial charge in [-0.25, -0.2) is 0 Å². The third kappa shape index (κ3) is 2.86. The SMILES string of the molecule is N#Cc1cc(NC2CCCCC2)c([N+](=O)[O-])cc1C#N. The Hall–Kier alpha value is -2.60. The second-order valence-corrected chi connectivity index (χ2v) is 4.87. The maximum Gasteiger partial charge on any atom is 0.293 e. The lowest BCUT2D eigenvalue weighted by Gasteiger charge is -2.23. The van der Waals surface area contributed by atoms with Crippen molar-refractivity contribution < 1.29 is 4.92 Å². The van der Waals surface area contributed by atoms with Crippen molar-refractivity contribution in [2.24, 2.45) is 0 Å². The zero-order chi connectivity index (χ0) is 14.5. The molecule has 6 heteroatoms. The van der Waals surface area contributed by atoms with Gasteiger partial charge >= 0.3 is 0 Å². The van der Waals surface area contributed by atoms with Crippen LogP contribution in [0, 0.1) is 32.8 Å². The molecule has 0 amide bonds. The summed E-state index contributed by atoms with van der Waals surface area (Å²) in [5.41, 5.74) is 0.383. The topological polar surface area (TPSA) is 103 Å². The lowest BCUT2D eigenvalue weighted by atomic mass is 9.95. The van der Waals surface area contributed by atoms with Crippen molar-refractivity contribution in [1.29, 1.82) is 10.5 Å². The normalized spacial score (nSPS) is 15.1. The van der Waals surface area contributed by atoms with Crippen LogP contribution in [-0.2, 0) is 0 Å². The lowest BCUT2D eigenvalue weighted by Crippen LogP contribution is -2.22. The van der Waals surface area contributed by atoms with Gasteiger partial charge in [-0.2, -0.15) is 10.5 Å². The Morgan fingerprint density at radius 1 is 1.15 bits per heavy atom. The highest BCUT2D eigenvalue weighted by Crippen LogP contribution is 2.31. The molecule has 1 aliphatic rings. The van der Waals surface area contributed by atoms with Crippen LogP contribution in [0.25, 0.3) is 0 Å². The number of hydrogen-bond donors (Lipinski definition) is 1. The highest BCUT2D eigenvalue weighted by atomic mass is 16.6. The van der Waals surface area contributed by atoms with E-state index in [1.807, 2.05) is 12.1 Å². The Kier molecular flexibility index (Phi) is 4.17. The summed E-state index contributed by atoms with van der Waals surface area (Å²) in [5, 5.41) is 32.2.